The molecule has 2 unspecified atom stereocenters. The summed E-state index contributed by atoms with van der Waals surface area (Å²) in [6, 6.07) is 18.7. The lowest BCUT2D eigenvalue weighted by Gasteiger charge is -2.22. The highest BCUT2D eigenvalue weighted by molar-refractivity contribution is 6.43. The van der Waals surface area contributed by atoms with Gasteiger partial charge in [0.2, 0.25) is 5.91 Å². The molecule has 0 aliphatic carbocycles. The topological polar surface area (TPSA) is 98.7 Å². The molecule has 0 radical (unpaired) electrons. The summed E-state index contributed by atoms with van der Waals surface area (Å²) in [6.07, 6.45) is -0.459. The van der Waals surface area contributed by atoms with Gasteiger partial charge in [0.05, 0.1) is 18.4 Å². The minimum absolute atomic E-state index is 0.156. The molecule has 3 rings (SSSR count). The number of hydrogen-bond acceptors (Lipinski definition) is 4. The van der Waals surface area contributed by atoms with Gasteiger partial charge in [-0.3, -0.25) is 9.59 Å². The van der Waals surface area contributed by atoms with E-state index in [-0.39, 0.29) is 18.4 Å². The van der Waals surface area contributed by atoms with Crippen LogP contribution in [0.15, 0.2) is 78.9 Å². The molecule has 3 aromatic rings. The van der Waals surface area contributed by atoms with Crippen LogP contribution in [-0.4, -0.2) is 34.9 Å². The maximum absolute atomic E-state index is 14.0. The van der Waals surface area contributed by atoms with E-state index in [0.717, 1.165) is 0 Å². The minimum atomic E-state index is -1.94. The molecule has 6 nitrogen and oxygen atoms in total. The Balaban J connectivity index is 1.75. The zero-order chi connectivity index (χ0) is 23.8. The number of nitrogens with one attached hydrogen (secondary N) is 2. The highest BCUT2D eigenvalue weighted by Crippen LogP contribution is 2.19. The lowest BCUT2D eigenvalue weighted by molar-refractivity contribution is -0.122. The van der Waals surface area contributed by atoms with Gasteiger partial charge in [0.15, 0.2) is 0 Å². The van der Waals surface area contributed by atoms with Crippen molar-refractivity contribution >= 4 is 18.9 Å². The second-order valence-corrected chi connectivity index (χ2v) is 7.53. The Hall–Kier alpha value is -3.56. The molecule has 2 amide bonds. The number of hydrogen-bond donors (Lipinski definition) is 4. The molecule has 0 bridgehead atoms. The summed E-state index contributed by atoms with van der Waals surface area (Å²) in [5, 5.41) is 24.6. The molecule has 9 heteroatoms. The molecular weight excluding hydrogens is 429 g/mol. The van der Waals surface area contributed by atoms with Crippen molar-refractivity contribution in [2.45, 2.75) is 24.8 Å². The second kappa shape index (κ2) is 11.4. The minimum Gasteiger partial charge on any atom is -0.426 e. The summed E-state index contributed by atoms with van der Waals surface area (Å²) in [7, 11) is -1.94. The molecule has 0 saturated carbocycles. The molecule has 0 fully saturated rings. The normalized spacial score (nSPS) is 12.5. The molecule has 3 aromatic carbocycles. The van der Waals surface area contributed by atoms with Gasteiger partial charge in [-0.15, -0.1) is 0 Å². The first-order valence-electron chi connectivity index (χ1n) is 10.3. The van der Waals surface area contributed by atoms with Gasteiger partial charge < -0.3 is 20.7 Å². The van der Waals surface area contributed by atoms with Crippen LogP contribution in [0.2, 0.25) is 0 Å². The first-order valence-corrected chi connectivity index (χ1v) is 10.3. The third-order valence-corrected chi connectivity index (χ3v) is 5.09. The van der Waals surface area contributed by atoms with E-state index in [2.05, 4.69) is 10.6 Å². The summed E-state index contributed by atoms with van der Waals surface area (Å²) in [6.45, 7) is 0. The van der Waals surface area contributed by atoms with Crippen molar-refractivity contribution in [3.63, 3.8) is 0 Å². The highest BCUT2D eigenvalue weighted by Gasteiger charge is 2.28. The summed E-state index contributed by atoms with van der Waals surface area (Å²) in [5.41, 5.74) is 0.933. The van der Waals surface area contributed by atoms with E-state index in [4.69, 9.17) is 0 Å². The van der Waals surface area contributed by atoms with Gasteiger partial charge in [-0.25, -0.2) is 8.78 Å². The van der Waals surface area contributed by atoms with Gasteiger partial charge in [0.1, 0.15) is 11.6 Å². The fraction of sp³-hybridized carbons (Fsp3) is 0.167. The van der Waals surface area contributed by atoms with Crippen LogP contribution < -0.4 is 10.6 Å². The predicted molar refractivity (Wildman–Crippen MR) is 120 cm³/mol. The van der Waals surface area contributed by atoms with Gasteiger partial charge in [-0.1, -0.05) is 48.5 Å². The maximum atomic E-state index is 14.0. The average molecular weight is 452 g/mol. The van der Waals surface area contributed by atoms with E-state index in [1.165, 1.54) is 36.4 Å². The lowest BCUT2D eigenvalue weighted by Crippen LogP contribution is -2.48. The van der Waals surface area contributed by atoms with Crippen LogP contribution in [0, 0.1) is 11.6 Å². The molecule has 0 aliphatic heterocycles. The van der Waals surface area contributed by atoms with Crippen molar-refractivity contribution in [2.24, 2.45) is 0 Å². The summed E-state index contributed by atoms with van der Waals surface area (Å²) >= 11 is 0. The van der Waals surface area contributed by atoms with E-state index in [1.807, 2.05) is 0 Å². The second-order valence-electron chi connectivity index (χ2n) is 7.53. The molecule has 0 heterocycles. The zero-order valence-electron chi connectivity index (χ0n) is 17.6. The fourth-order valence-electron chi connectivity index (χ4n) is 3.39. The van der Waals surface area contributed by atoms with Crippen LogP contribution in [-0.2, 0) is 11.2 Å². The van der Waals surface area contributed by atoms with Crippen molar-refractivity contribution in [3.05, 3.63) is 107 Å². The van der Waals surface area contributed by atoms with Crippen molar-refractivity contribution in [3.8, 4) is 0 Å². The number of carbonyl (C=O) groups excluding carboxylic acids is 2. The molecule has 0 spiro atoms. The number of rotatable bonds is 9. The molecule has 0 aliphatic rings. The number of amides is 2. The van der Waals surface area contributed by atoms with Crippen LogP contribution in [0.3, 0.4) is 0 Å². The largest absolute Gasteiger partial charge is 0.475 e. The molecule has 170 valence electrons. The third kappa shape index (κ3) is 6.96. The van der Waals surface area contributed by atoms with E-state index >= 15 is 0 Å². The SMILES string of the molecule is O=C(CC(NC(=O)c1ccccc1)c1cccc(F)c1)NC(Cc1ccccc1F)B(O)O. The van der Waals surface area contributed by atoms with Gasteiger partial charge >= 0.3 is 7.12 Å². The van der Waals surface area contributed by atoms with Gasteiger partial charge in [-0.2, -0.15) is 0 Å². The Bertz CT molecular complexity index is 1100. The Morgan fingerprint density at radius 2 is 1.58 bits per heavy atom. The van der Waals surface area contributed by atoms with Gasteiger partial charge in [-0.05, 0) is 47.9 Å². The monoisotopic (exact) mass is 452 g/mol. The quantitative estimate of drug-likeness (QED) is 0.375. The van der Waals surface area contributed by atoms with Crippen LogP contribution >= 0.6 is 0 Å². The molecule has 0 saturated heterocycles. The van der Waals surface area contributed by atoms with Crippen molar-refractivity contribution < 1.29 is 28.4 Å². The third-order valence-electron chi connectivity index (χ3n) is 5.09. The molecule has 4 N–H and O–H groups in total. The number of carbonyl (C=O) groups is 2. The summed E-state index contributed by atoms with van der Waals surface area (Å²) in [4.78, 5) is 25.4. The molecule has 0 aromatic heterocycles. The lowest BCUT2D eigenvalue weighted by atomic mass is 9.75. The fourth-order valence-corrected chi connectivity index (χ4v) is 3.39. The first-order chi connectivity index (χ1) is 15.8. The van der Waals surface area contributed by atoms with E-state index in [1.54, 1.807) is 42.5 Å². The van der Waals surface area contributed by atoms with Crippen LogP contribution in [0.5, 0.6) is 0 Å². The molecule has 33 heavy (non-hydrogen) atoms. The summed E-state index contributed by atoms with van der Waals surface area (Å²) in [5.74, 6) is -3.34. The van der Waals surface area contributed by atoms with Crippen molar-refractivity contribution in [1.82, 2.24) is 10.6 Å². The number of benzene rings is 3. The van der Waals surface area contributed by atoms with Crippen LogP contribution in [0.4, 0.5) is 8.78 Å². The molecule has 2 atom stereocenters. The summed E-state index contributed by atoms with van der Waals surface area (Å²) < 4.78 is 27.8. The average Bonchev–Trinajstić information content (AvgIpc) is 2.80. The van der Waals surface area contributed by atoms with Crippen LogP contribution in [0.25, 0.3) is 0 Å². The number of halogens is 2. The maximum Gasteiger partial charge on any atom is 0.475 e. The zero-order valence-corrected chi connectivity index (χ0v) is 17.6. The van der Waals surface area contributed by atoms with E-state index < -0.39 is 42.6 Å². The first kappa shape index (κ1) is 24.1. The van der Waals surface area contributed by atoms with Crippen molar-refractivity contribution in [1.29, 1.82) is 0 Å². The van der Waals surface area contributed by atoms with E-state index in [9.17, 15) is 28.4 Å². The standard InChI is InChI=1S/C24H23BF2N2O4/c26-19-11-6-10-18(13-19)21(28-24(31)16-7-2-1-3-8-16)15-23(30)29-22(25(32)33)14-17-9-4-5-12-20(17)27/h1-13,21-22,32-33H,14-15H2,(H,28,31)(H,29,30). The highest BCUT2D eigenvalue weighted by atomic mass is 19.1. The Labute approximate surface area is 190 Å². The Morgan fingerprint density at radius 3 is 2.24 bits per heavy atom. The van der Waals surface area contributed by atoms with E-state index in [0.29, 0.717) is 11.1 Å². The smallest absolute Gasteiger partial charge is 0.426 e. The Kier molecular flexibility index (Phi) is 8.29. The molecular formula is C24H23BF2N2O4. The van der Waals surface area contributed by atoms with Gasteiger partial charge in [0, 0.05) is 5.56 Å². The van der Waals surface area contributed by atoms with Gasteiger partial charge in [0.25, 0.3) is 5.91 Å². The Morgan fingerprint density at radius 1 is 0.879 bits per heavy atom. The van der Waals surface area contributed by atoms with Crippen molar-refractivity contribution in [2.75, 3.05) is 0 Å². The van der Waals surface area contributed by atoms with Crippen LogP contribution in [0.1, 0.15) is 33.9 Å². The predicted octanol–water partition coefficient (Wildman–Crippen LogP) is 2.57.